The number of H-pyrrole nitrogens is 1. The molecule has 0 saturated heterocycles. The van der Waals surface area contributed by atoms with E-state index in [0.717, 1.165) is 40.7 Å². The van der Waals surface area contributed by atoms with E-state index in [-0.39, 0.29) is 5.91 Å². The fraction of sp³-hybridized carbons (Fsp3) is 0.269. The summed E-state index contributed by atoms with van der Waals surface area (Å²) in [7, 11) is 1.66. The van der Waals surface area contributed by atoms with Crippen molar-refractivity contribution in [2.45, 2.75) is 26.7 Å². The summed E-state index contributed by atoms with van der Waals surface area (Å²) in [6.07, 6.45) is 1.72. The molecule has 0 aliphatic heterocycles. The van der Waals surface area contributed by atoms with Gasteiger partial charge in [0.15, 0.2) is 5.65 Å². The Morgan fingerprint density at radius 1 is 1.06 bits per heavy atom. The lowest BCUT2D eigenvalue weighted by Gasteiger charge is -2.10. The number of ether oxygens (including phenoxy) is 1. The fourth-order valence-corrected chi connectivity index (χ4v) is 3.70. The number of nitrogens with zero attached hydrogens (tertiary/aromatic N) is 2. The van der Waals surface area contributed by atoms with Crippen LogP contribution in [0.2, 0.25) is 0 Å². The van der Waals surface area contributed by atoms with Gasteiger partial charge in [0.1, 0.15) is 0 Å². The van der Waals surface area contributed by atoms with Crippen molar-refractivity contribution in [3.63, 3.8) is 0 Å². The van der Waals surface area contributed by atoms with Gasteiger partial charge in [-0.05, 0) is 31.4 Å². The number of rotatable bonds is 8. The van der Waals surface area contributed by atoms with Crippen molar-refractivity contribution in [2.24, 2.45) is 0 Å². The topological polar surface area (TPSA) is 79.9 Å². The zero-order valence-electron chi connectivity index (χ0n) is 18.7. The number of benzene rings is 2. The van der Waals surface area contributed by atoms with E-state index in [2.05, 4.69) is 46.7 Å². The first-order chi connectivity index (χ1) is 15.6. The summed E-state index contributed by atoms with van der Waals surface area (Å²) in [5.41, 5.74) is 6.96. The number of aromatic nitrogens is 3. The van der Waals surface area contributed by atoms with Crippen LogP contribution in [-0.4, -0.2) is 41.3 Å². The first kappa shape index (κ1) is 21.7. The van der Waals surface area contributed by atoms with Gasteiger partial charge < -0.3 is 10.1 Å². The highest BCUT2D eigenvalue weighted by Crippen LogP contribution is 2.31. The van der Waals surface area contributed by atoms with Gasteiger partial charge in [-0.2, -0.15) is 5.10 Å². The third kappa shape index (κ3) is 4.55. The molecule has 2 aromatic heterocycles. The molecule has 1 amide bonds. The van der Waals surface area contributed by atoms with Crippen molar-refractivity contribution in [1.82, 2.24) is 20.5 Å². The molecular formula is C26H28N4O2. The minimum absolute atomic E-state index is 0.144. The van der Waals surface area contributed by atoms with E-state index in [1.807, 2.05) is 37.3 Å². The highest BCUT2D eigenvalue weighted by molar-refractivity contribution is 6.10. The molecule has 164 valence electrons. The van der Waals surface area contributed by atoms with Crippen molar-refractivity contribution in [2.75, 3.05) is 20.3 Å². The third-order valence-corrected chi connectivity index (χ3v) is 5.58. The molecule has 0 bridgehead atoms. The zero-order valence-corrected chi connectivity index (χ0v) is 18.7. The van der Waals surface area contributed by atoms with Gasteiger partial charge in [0.2, 0.25) is 0 Å². The number of carbonyl (C=O) groups is 1. The maximum Gasteiger partial charge on any atom is 0.252 e. The molecular weight excluding hydrogens is 400 g/mol. The number of hydrogen-bond donors (Lipinski definition) is 2. The molecule has 4 aromatic rings. The molecule has 4 rings (SSSR count). The van der Waals surface area contributed by atoms with Crippen molar-refractivity contribution in [1.29, 1.82) is 0 Å². The van der Waals surface area contributed by atoms with E-state index in [9.17, 15) is 4.79 Å². The van der Waals surface area contributed by atoms with Crippen molar-refractivity contribution < 1.29 is 9.53 Å². The normalized spacial score (nSPS) is 11.1. The quantitative estimate of drug-likeness (QED) is 0.390. The van der Waals surface area contributed by atoms with Gasteiger partial charge in [0.25, 0.3) is 5.91 Å². The number of fused-ring (bicyclic) bond motifs is 1. The van der Waals surface area contributed by atoms with Gasteiger partial charge in [-0.3, -0.25) is 9.89 Å². The molecule has 6 heteroatoms. The molecule has 0 fully saturated rings. The highest BCUT2D eigenvalue weighted by atomic mass is 16.5. The van der Waals surface area contributed by atoms with Crippen LogP contribution in [0.15, 0.2) is 54.6 Å². The summed E-state index contributed by atoms with van der Waals surface area (Å²) in [6.45, 7) is 5.31. The van der Waals surface area contributed by atoms with Gasteiger partial charge in [-0.25, -0.2) is 4.98 Å². The molecule has 0 saturated carbocycles. The van der Waals surface area contributed by atoms with Gasteiger partial charge in [-0.15, -0.1) is 0 Å². The summed E-state index contributed by atoms with van der Waals surface area (Å²) in [6, 6.07) is 18.3. The van der Waals surface area contributed by atoms with Crippen LogP contribution in [0, 0.1) is 6.92 Å². The molecule has 2 heterocycles. The van der Waals surface area contributed by atoms with Gasteiger partial charge in [0, 0.05) is 31.4 Å². The smallest absolute Gasteiger partial charge is 0.252 e. The van der Waals surface area contributed by atoms with Crippen LogP contribution in [0.25, 0.3) is 33.5 Å². The van der Waals surface area contributed by atoms with Crippen molar-refractivity contribution in [3.05, 3.63) is 71.3 Å². The van der Waals surface area contributed by atoms with E-state index in [0.29, 0.717) is 24.4 Å². The molecule has 2 aromatic carbocycles. The highest BCUT2D eigenvalue weighted by Gasteiger charge is 2.20. The van der Waals surface area contributed by atoms with E-state index in [1.165, 1.54) is 11.1 Å². The number of hydrogen-bond acceptors (Lipinski definition) is 4. The largest absolute Gasteiger partial charge is 0.385 e. The number of amides is 1. The minimum Gasteiger partial charge on any atom is -0.385 e. The lowest BCUT2D eigenvalue weighted by atomic mass is 10.0. The Hall–Kier alpha value is -3.51. The second-order valence-electron chi connectivity index (χ2n) is 7.87. The predicted molar refractivity (Wildman–Crippen MR) is 128 cm³/mol. The number of carbonyl (C=O) groups excluding carboxylic acids is 1. The Bertz CT molecular complexity index is 1210. The maximum absolute atomic E-state index is 13.2. The lowest BCUT2D eigenvalue weighted by Crippen LogP contribution is -2.25. The van der Waals surface area contributed by atoms with Crippen LogP contribution in [0.1, 0.15) is 34.8 Å². The molecule has 0 atom stereocenters. The molecule has 0 spiro atoms. The number of methoxy groups -OCH3 is 1. The van der Waals surface area contributed by atoms with Crippen LogP contribution < -0.4 is 5.32 Å². The van der Waals surface area contributed by atoms with Crippen LogP contribution in [-0.2, 0) is 11.2 Å². The van der Waals surface area contributed by atoms with E-state index in [1.54, 1.807) is 7.11 Å². The fourth-order valence-electron chi connectivity index (χ4n) is 3.70. The van der Waals surface area contributed by atoms with Crippen LogP contribution in [0.5, 0.6) is 0 Å². The van der Waals surface area contributed by atoms with Crippen LogP contribution in [0.4, 0.5) is 0 Å². The monoisotopic (exact) mass is 428 g/mol. The van der Waals surface area contributed by atoms with Crippen molar-refractivity contribution in [3.8, 4) is 22.5 Å². The molecule has 6 nitrogen and oxygen atoms in total. The summed E-state index contributed by atoms with van der Waals surface area (Å²) >= 11 is 0. The van der Waals surface area contributed by atoms with Crippen molar-refractivity contribution >= 4 is 16.9 Å². The summed E-state index contributed by atoms with van der Waals surface area (Å²) in [5, 5.41) is 11.3. The lowest BCUT2D eigenvalue weighted by molar-refractivity contribution is 0.0950. The Balaban J connectivity index is 1.81. The Morgan fingerprint density at radius 2 is 1.78 bits per heavy atom. The second-order valence-corrected chi connectivity index (χ2v) is 7.87. The standard InChI is InChI=1S/C26H28N4O2/c1-4-18-8-12-20(13-9-18)24-23-21(26(31)27-14-5-15-32-3)16-22(28-25(23)30-29-24)19-10-6-17(2)7-11-19/h6-13,16H,4-5,14-15H2,1-3H3,(H,27,31)(H,28,29,30). The average Bonchev–Trinajstić information content (AvgIpc) is 3.25. The summed E-state index contributed by atoms with van der Waals surface area (Å²) in [5.74, 6) is -0.144. The average molecular weight is 429 g/mol. The van der Waals surface area contributed by atoms with Gasteiger partial charge in [-0.1, -0.05) is 61.0 Å². The Morgan fingerprint density at radius 3 is 2.47 bits per heavy atom. The molecule has 0 aliphatic rings. The van der Waals surface area contributed by atoms with E-state index < -0.39 is 0 Å². The maximum atomic E-state index is 13.2. The number of nitrogens with one attached hydrogen (secondary N) is 2. The predicted octanol–water partition coefficient (Wildman–Crippen LogP) is 4.93. The molecule has 0 radical (unpaired) electrons. The molecule has 2 N–H and O–H groups in total. The van der Waals surface area contributed by atoms with E-state index >= 15 is 0 Å². The van der Waals surface area contributed by atoms with Gasteiger partial charge >= 0.3 is 0 Å². The number of pyridine rings is 1. The molecule has 0 aliphatic carbocycles. The Kier molecular flexibility index (Phi) is 6.61. The molecule has 0 unspecified atom stereocenters. The van der Waals surface area contributed by atoms with Crippen LogP contribution in [0.3, 0.4) is 0 Å². The van der Waals surface area contributed by atoms with E-state index in [4.69, 9.17) is 9.72 Å². The third-order valence-electron chi connectivity index (χ3n) is 5.58. The second kappa shape index (κ2) is 9.75. The Labute approximate surface area is 188 Å². The minimum atomic E-state index is -0.144. The summed E-state index contributed by atoms with van der Waals surface area (Å²) in [4.78, 5) is 18.0. The first-order valence-electron chi connectivity index (χ1n) is 10.9. The SMILES string of the molecule is CCc1ccc(-c2[nH]nc3nc(-c4ccc(C)cc4)cc(C(=O)NCCCOC)c23)cc1. The summed E-state index contributed by atoms with van der Waals surface area (Å²) < 4.78 is 5.09. The first-order valence-corrected chi connectivity index (χ1v) is 10.9. The number of aromatic amines is 1. The number of aryl methyl sites for hydroxylation is 2. The molecule has 32 heavy (non-hydrogen) atoms. The van der Waals surface area contributed by atoms with Gasteiger partial charge in [0.05, 0.1) is 22.3 Å². The van der Waals surface area contributed by atoms with Crippen LogP contribution >= 0.6 is 0 Å². The zero-order chi connectivity index (χ0) is 22.5.